The normalized spacial score (nSPS) is 15.2. The summed E-state index contributed by atoms with van der Waals surface area (Å²) < 4.78 is 12.9. The molecule has 0 radical (unpaired) electrons. The molecule has 1 aliphatic rings. The number of pyridine rings is 1. The van der Waals surface area contributed by atoms with Gasteiger partial charge in [-0.15, -0.1) is 0 Å². The Kier molecular flexibility index (Phi) is 5.73. The van der Waals surface area contributed by atoms with Gasteiger partial charge in [0.1, 0.15) is 5.82 Å². The van der Waals surface area contributed by atoms with Crippen molar-refractivity contribution in [3.63, 3.8) is 0 Å². The number of likely N-dealkylation sites (tertiary alicyclic amines) is 1. The first kappa shape index (κ1) is 17.8. The third kappa shape index (κ3) is 4.75. The predicted octanol–water partition coefficient (Wildman–Crippen LogP) is 2.65. The summed E-state index contributed by atoms with van der Waals surface area (Å²) in [6.07, 6.45) is 7.76. The van der Waals surface area contributed by atoms with Crippen LogP contribution in [0.3, 0.4) is 0 Å². The molecule has 0 unspecified atom stereocenters. The van der Waals surface area contributed by atoms with Crippen LogP contribution in [0, 0.1) is 5.82 Å². The molecule has 26 heavy (non-hydrogen) atoms. The number of amides is 2. The molecule has 6 heteroatoms. The van der Waals surface area contributed by atoms with E-state index in [0.29, 0.717) is 31.5 Å². The standard InChI is InChI=1S/C20H20FN3O2/c21-17-6-3-15(4-7-17)5-8-19(25)24-12-9-18(10-13-24)23-20(26)16-2-1-11-22-14-16/h1-8,11,14,18H,9-10,12-13H2,(H,23,26)/b8-5+. The molecule has 1 fully saturated rings. The van der Waals surface area contributed by atoms with Gasteiger partial charge in [0.05, 0.1) is 5.56 Å². The SMILES string of the molecule is O=C(NC1CCN(C(=O)/C=C/c2ccc(F)cc2)CC1)c1cccnc1. The number of hydrogen-bond donors (Lipinski definition) is 1. The van der Waals surface area contributed by atoms with Gasteiger partial charge < -0.3 is 10.2 Å². The predicted molar refractivity (Wildman–Crippen MR) is 96.7 cm³/mol. The lowest BCUT2D eigenvalue weighted by Gasteiger charge is -2.31. The van der Waals surface area contributed by atoms with Crippen LogP contribution < -0.4 is 5.32 Å². The Morgan fingerprint density at radius 1 is 1.15 bits per heavy atom. The highest BCUT2D eigenvalue weighted by Crippen LogP contribution is 2.13. The van der Waals surface area contributed by atoms with Crippen LogP contribution in [0.15, 0.2) is 54.9 Å². The van der Waals surface area contributed by atoms with Crippen LogP contribution in [0.4, 0.5) is 4.39 Å². The Bertz CT molecular complexity index is 782. The Morgan fingerprint density at radius 2 is 1.88 bits per heavy atom. The first-order valence-corrected chi connectivity index (χ1v) is 8.55. The minimum Gasteiger partial charge on any atom is -0.349 e. The summed E-state index contributed by atoms with van der Waals surface area (Å²) >= 11 is 0. The first-order chi connectivity index (χ1) is 12.6. The fourth-order valence-corrected chi connectivity index (χ4v) is 2.86. The summed E-state index contributed by atoms with van der Waals surface area (Å²) in [5.41, 5.74) is 1.31. The summed E-state index contributed by atoms with van der Waals surface area (Å²) in [6, 6.07) is 9.47. The highest BCUT2D eigenvalue weighted by Gasteiger charge is 2.23. The van der Waals surface area contributed by atoms with Gasteiger partial charge in [-0.2, -0.15) is 0 Å². The fraction of sp³-hybridized carbons (Fsp3) is 0.250. The number of carbonyl (C=O) groups is 2. The zero-order valence-electron chi connectivity index (χ0n) is 14.3. The molecule has 2 amide bonds. The van der Waals surface area contributed by atoms with Crippen molar-refractivity contribution in [2.45, 2.75) is 18.9 Å². The van der Waals surface area contributed by atoms with Crippen molar-refractivity contribution >= 4 is 17.9 Å². The number of rotatable bonds is 4. The average Bonchev–Trinajstić information content (AvgIpc) is 2.68. The molecule has 1 N–H and O–H groups in total. The number of benzene rings is 1. The van der Waals surface area contributed by atoms with Gasteiger partial charge in [0, 0.05) is 37.6 Å². The van der Waals surface area contributed by atoms with Gasteiger partial charge in [-0.3, -0.25) is 14.6 Å². The number of aromatic nitrogens is 1. The Balaban J connectivity index is 1.48. The van der Waals surface area contributed by atoms with E-state index in [-0.39, 0.29) is 23.7 Å². The van der Waals surface area contributed by atoms with Crippen LogP contribution in [-0.4, -0.2) is 40.8 Å². The van der Waals surface area contributed by atoms with Crippen molar-refractivity contribution in [1.29, 1.82) is 0 Å². The highest BCUT2D eigenvalue weighted by molar-refractivity contribution is 5.94. The van der Waals surface area contributed by atoms with Gasteiger partial charge in [0.2, 0.25) is 5.91 Å². The van der Waals surface area contributed by atoms with Crippen LogP contribution in [0.5, 0.6) is 0 Å². The summed E-state index contributed by atoms with van der Waals surface area (Å²) in [5.74, 6) is -0.519. The number of carbonyl (C=O) groups excluding carboxylic acids is 2. The zero-order chi connectivity index (χ0) is 18.4. The van der Waals surface area contributed by atoms with Gasteiger partial charge in [-0.05, 0) is 48.7 Å². The maximum atomic E-state index is 12.9. The summed E-state index contributed by atoms with van der Waals surface area (Å²) in [6.45, 7) is 1.18. The molecule has 0 spiro atoms. The lowest BCUT2D eigenvalue weighted by molar-refractivity contribution is -0.126. The molecular formula is C20H20FN3O2. The van der Waals surface area contributed by atoms with Gasteiger partial charge in [0.15, 0.2) is 0 Å². The van der Waals surface area contributed by atoms with E-state index in [2.05, 4.69) is 10.3 Å². The minimum atomic E-state index is -0.302. The van der Waals surface area contributed by atoms with Crippen molar-refractivity contribution in [1.82, 2.24) is 15.2 Å². The van der Waals surface area contributed by atoms with Gasteiger partial charge in [-0.25, -0.2) is 4.39 Å². The Morgan fingerprint density at radius 3 is 2.54 bits per heavy atom. The zero-order valence-corrected chi connectivity index (χ0v) is 14.3. The minimum absolute atomic E-state index is 0.0489. The first-order valence-electron chi connectivity index (χ1n) is 8.55. The van der Waals surface area contributed by atoms with Crippen LogP contribution >= 0.6 is 0 Å². The topological polar surface area (TPSA) is 62.3 Å². The number of hydrogen-bond acceptors (Lipinski definition) is 3. The molecule has 1 aliphatic heterocycles. The van der Waals surface area contributed by atoms with Crippen LogP contribution in [0.25, 0.3) is 6.08 Å². The average molecular weight is 353 g/mol. The smallest absolute Gasteiger partial charge is 0.253 e. The quantitative estimate of drug-likeness (QED) is 0.860. The van der Waals surface area contributed by atoms with Crippen molar-refractivity contribution in [3.05, 3.63) is 71.8 Å². The van der Waals surface area contributed by atoms with Crippen molar-refractivity contribution in [2.75, 3.05) is 13.1 Å². The number of piperidine rings is 1. The van der Waals surface area contributed by atoms with Crippen LogP contribution in [-0.2, 0) is 4.79 Å². The second-order valence-corrected chi connectivity index (χ2v) is 6.20. The molecule has 0 saturated carbocycles. The third-order valence-corrected chi connectivity index (χ3v) is 4.35. The van der Waals surface area contributed by atoms with Crippen molar-refractivity contribution < 1.29 is 14.0 Å². The van der Waals surface area contributed by atoms with Gasteiger partial charge in [-0.1, -0.05) is 12.1 Å². The third-order valence-electron chi connectivity index (χ3n) is 4.35. The molecule has 1 saturated heterocycles. The molecule has 134 valence electrons. The van der Waals surface area contributed by atoms with E-state index in [1.807, 2.05) is 0 Å². The molecule has 0 aliphatic carbocycles. The molecule has 2 aromatic rings. The second kappa shape index (κ2) is 8.38. The summed E-state index contributed by atoms with van der Waals surface area (Å²) in [4.78, 5) is 30.1. The summed E-state index contributed by atoms with van der Waals surface area (Å²) in [5, 5.41) is 2.99. The van der Waals surface area contributed by atoms with E-state index in [9.17, 15) is 14.0 Å². The Labute approximate surface area is 151 Å². The second-order valence-electron chi connectivity index (χ2n) is 6.20. The molecule has 0 atom stereocenters. The van der Waals surface area contributed by atoms with E-state index in [0.717, 1.165) is 5.56 Å². The van der Waals surface area contributed by atoms with E-state index < -0.39 is 0 Å². The molecule has 0 bridgehead atoms. The molecule has 5 nitrogen and oxygen atoms in total. The summed E-state index contributed by atoms with van der Waals surface area (Å²) in [7, 11) is 0. The van der Waals surface area contributed by atoms with Crippen molar-refractivity contribution in [2.24, 2.45) is 0 Å². The fourth-order valence-electron chi connectivity index (χ4n) is 2.86. The van der Waals surface area contributed by atoms with Crippen LogP contribution in [0.2, 0.25) is 0 Å². The largest absolute Gasteiger partial charge is 0.349 e. The van der Waals surface area contributed by atoms with E-state index in [4.69, 9.17) is 0 Å². The number of nitrogens with zero attached hydrogens (tertiary/aromatic N) is 2. The van der Waals surface area contributed by atoms with Gasteiger partial charge >= 0.3 is 0 Å². The lowest BCUT2D eigenvalue weighted by Crippen LogP contribution is -2.46. The monoisotopic (exact) mass is 353 g/mol. The Hall–Kier alpha value is -3.02. The molecular weight excluding hydrogens is 333 g/mol. The van der Waals surface area contributed by atoms with E-state index >= 15 is 0 Å². The van der Waals surface area contributed by atoms with E-state index in [1.165, 1.54) is 24.4 Å². The maximum Gasteiger partial charge on any atom is 0.253 e. The molecule has 3 rings (SSSR count). The number of halogens is 1. The van der Waals surface area contributed by atoms with Gasteiger partial charge in [0.25, 0.3) is 5.91 Å². The van der Waals surface area contributed by atoms with Crippen molar-refractivity contribution in [3.8, 4) is 0 Å². The number of nitrogens with one attached hydrogen (secondary N) is 1. The molecule has 1 aromatic carbocycles. The molecule has 1 aromatic heterocycles. The molecule has 2 heterocycles. The maximum absolute atomic E-state index is 12.9. The van der Waals surface area contributed by atoms with Crippen LogP contribution in [0.1, 0.15) is 28.8 Å². The lowest BCUT2D eigenvalue weighted by atomic mass is 10.0. The van der Waals surface area contributed by atoms with E-state index in [1.54, 1.807) is 41.4 Å². The highest BCUT2D eigenvalue weighted by atomic mass is 19.1.